The van der Waals surface area contributed by atoms with E-state index in [1.165, 1.54) is 0 Å². The number of hydrogen-bond donors (Lipinski definition) is 2. The molecule has 0 saturated carbocycles. The summed E-state index contributed by atoms with van der Waals surface area (Å²) in [5, 5.41) is 9.19. The maximum atomic E-state index is 11.3. The lowest BCUT2D eigenvalue weighted by Crippen LogP contribution is -2.16. The van der Waals surface area contributed by atoms with Crippen molar-refractivity contribution in [3.8, 4) is 0 Å². The summed E-state index contributed by atoms with van der Waals surface area (Å²) >= 11 is 0. The number of nitrogen functional groups attached to an aromatic ring is 1. The molecule has 1 aromatic carbocycles. The van der Waals surface area contributed by atoms with E-state index in [2.05, 4.69) is 0 Å². The van der Waals surface area contributed by atoms with Gasteiger partial charge in [-0.1, -0.05) is 12.1 Å². The number of hydrogen-bond acceptors (Lipinski definition) is 4. The first-order chi connectivity index (χ1) is 7.11. The van der Waals surface area contributed by atoms with Crippen LogP contribution in [0.15, 0.2) is 33.5 Å². The molecule has 0 fully saturated rings. The Labute approximate surface area is 83.7 Å². The lowest BCUT2D eigenvalue weighted by molar-refractivity contribution is 0.0694. The SMILES string of the molecule is Nc1c(C(=O)O)c(=O)oc2ccccc12. The number of fused-ring (bicyclic) bond motifs is 1. The molecule has 0 aliphatic heterocycles. The number of nitrogens with two attached hydrogens (primary N) is 1. The molecule has 1 aromatic heterocycles. The molecule has 0 bridgehead atoms. The fourth-order valence-electron chi connectivity index (χ4n) is 1.38. The van der Waals surface area contributed by atoms with E-state index >= 15 is 0 Å². The number of carboxylic acids is 1. The smallest absolute Gasteiger partial charge is 0.353 e. The molecule has 1 heterocycles. The van der Waals surface area contributed by atoms with E-state index in [-0.39, 0.29) is 11.3 Å². The molecule has 0 saturated heterocycles. The van der Waals surface area contributed by atoms with E-state index < -0.39 is 17.2 Å². The topological polar surface area (TPSA) is 93.5 Å². The van der Waals surface area contributed by atoms with Crippen molar-refractivity contribution < 1.29 is 14.3 Å². The Hall–Kier alpha value is -2.30. The van der Waals surface area contributed by atoms with Crippen LogP contribution in [0.1, 0.15) is 10.4 Å². The summed E-state index contributed by atoms with van der Waals surface area (Å²) in [6.07, 6.45) is 0. The molecule has 0 aliphatic rings. The number of carbonyl (C=O) groups is 1. The quantitative estimate of drug-likeness (QED) is 0.679. The Balaban J connectivity index is 2.97. The molecule has 5 heteroatoms. The summed E-state index contributed by atoms with van der Waals surface area (Å²) in [6, 6.07) is 6.51. The summed E-state index contributed by atoms with van der Waals surface area (Å²) in [5.41, 5.74) is 4.35. The van der Waals surface area contributed by atoms with Crippen LogP contribution < -0.4 is 11.4 Å². The van der Waals surface area contributed by atoms with Gasteiger partial charge in [0, 0.05) is 5.39 Å². The van der Waals surface area contributed by atoms with Gasteiger partial charge in [0.05, 0.1) is 5.69 Å². The number of benzene rings is 1. The van der Waals surface area contributed by atoms with Gasteiger partial charge in [-0.3, -0.25) is 0 Å². The van der Waals surface area contributed by atoms with E-state index in [0.717, 1.165) is 0 Å². The van der Waals surface area contributed by atoms with Crippen molar-refractivity contribution in [2.45, 2.75) is 0 Å². The maximum absolute atomic E-state index is 11.3. The average Bonchev–Trinajstić information content (AvgIpc) is 2.17. The van der Waals surface area contributed by atoms with Crippen molar-refractivity contribution >= 4 is 22.6 Å². The highest BCUT2D eigenvalue weighted by Gasteiger charge is 2.17. The number of rotatable bonds is 1. The largest absolute Gasteiger partial charge is 0.477 e. The normalized spacial score (nSPS) is 10.4. The van der Waals surface area contributed by atoms with Crippen LogP contribution in [-0.2, 0) is 0 Å². The van der Waals surface area contributed by atoms with Gasteiger partial charge >= 0.3 is 11.6 Å². The second kappa shape index (κ2) is 3.13. The number of para-hydroxylation sites is 1. The highest BCUT2D eigenvalue weighted by atomic mass is 16.4. The molecule has 0 radical (unpaired) electrons. The highest BCUT2D eigenvalue weighted by molar-refractivity contribution is 6.02. The molecule has 0 amide bonds. The van der Waals surface area contributed by atoms with Crippen molar-refractivity contribution in [3.05, 3.63) is 40.2 Å². The van der Waals surface area contributed by atoms with E-state index in [4.69, 9.17) is 15.3 Å². The summed E-state index contributed by atoms with van der Waals surface area (Å²) in [5.74, 6) is -1.38. The van der Waals surface area contributed by atoms with Gasteiger partial charge in [-0.15, -0.1) is 0 Å². The lowest BCUT2D eigenvalue weighted by Gasteiger charge is -2.02. The van der Waals surface area contributed by atoms with Crippen LogP contribution in [0, 0.1) is 0 Å². The first-order valence-corrected chi connectivity index (χ1v) is 4.16. The fraction of sp³-hybridized carbons (Fsp3) is 0. The molecule has 15 heavy (non-hydrogen) atoms. The minimum atomic E-state index is -1.38. The van der Waals surface area contributed by atoms with Gasteiger partial charge in [0.25, 0.3) is 0 Å². The first-order valence-electron chi connectivity index (χ1n) is 4.16. The van der Waals surface area contributed by atoms with E-state index in [1.807, 2.05) is 0 Å². The van der Waals surface area contributed by atoms with Crippen LogP contribution in [0.25, 0.3) is 11.0 Å². The van der Waals surface area contributed by atoms with Crippen LogP contribution in [0.5, 0.6) is 0 Å². The molecular weight excluding hydrogens is 198 g/mol. The van der Waals surface area contributed by atoms with Gasteiger partial charge in [-0.05, 0) is 12.1 Å². The van der Waals surface area contributed by atoms with Gasteiger partial charge in [-0.25, -0.2) is 9.59 Å². The van der Waals surface area contributed by atoms with Crippen molar-refractivity contribution in [1.82, 2.24) is 0 Å². The molecule has 0 aliphatic carbocycles. The van der Waals surface area contributed by atoms with Crippen LogP contribution in [0.4, 0.5) is 5.69 Å². The van der Waals surface area contributed by atoms with Gasteiger partial charge in [0.1, 0.15) is 5.58 Å². The van der Waals surface area contributed by atoms with Gasteiger partial charge < -0.3 is 15.3 Å². The molecule has 0 atom stereocenters. The van der Waals surface area contributed by atoms with Crippen molar-refractivity contribution in [2.75, 3.05) is 5.73 Å². The van der Waals surface area contributed by atoms with Gasteiger partial charge in [0.2, 0.25) is 0 Å². The van der Waals surface area contributed by atoms with Gasteiger partial charge in [0.15, 0.2) is 5.56 Å². The number of carboxylic acid groups (broad SMARTS) is 1. The van der Waals surface area contributed by atoms with Crippen LogP contribution >= 0.6 is 0 Å². The molecule has 76 valence electrons. The molecular formula is C10H7NO4. The molecule has 3 N–H and O–H groups in total. The third-order valence-electron chi connectivity index (χ3n) is 2.07. The lowest BCUT2D eigenvalue weighted by atomic mass is 10.1. The Kier molecular flexibility index (Phi) is 1.93. The third kappa shape index (κ3) is 1.34. The number of anilines is 1. The first kappa shape index (κ1) is 9.26. The van der Waals surface area contributed by atoms with Crippen LogP contribution in [0.3, 0.4) is 0 Å². The molecule has 0 spiro atoms. The molecule has 2 rings (SSSR count). The summed E-state index contributed by atoms with van der Waals surface area (Å²) < 4.78 is 4.82. The number of aromatic carboxylic acids is 1. The minimum Gasteiger partial charge on any atom is -0.477 e. The second-order valence-corrected chi connectivity index (χ2v) is 2.98. The second-order valence-electron chi connectivity index (χ2n) is 2.98. The molecule has 2 aromatic rings. The Bertz CT molecular complexity index is 600. The average molecular weight is 205 g/mol. The standard InChI is InChI=1S/C10H7NO4/c11-8-5-3-1-2-4-6(5)15-10(14)7(8)9(12)13/h1-4H,11H2,(H,12,13). The molecule has 5 nitrogen and oxygen atoms in total. The third-order valence-corrected chi connectivity index (χ3v) is 2.07. The van der Waals surface area contributed by atoms with Crippen molar-refractivity contribution in [3.63, 3.8) is 0 Å². The monoisotopic (exact) mass is 205 g/mol. The van der Waals surface area contributed by atoms with Gasteiger partial charge in [-0.2, -0.15) is 0 Å². The van der Waals surface area contributed by atoms with Crippen LogP contribution in [-0.4, -0.2) is 11.1 Å². The Morgan fingerprint density at radius 3 is 2.67 bits per heavy atom. The zero-order valence-corrected chi connectivity index (χ0v) is 7.56. The zero-order valence-electron chi connectivity index (χ0n) is 7.56. The summed E-state index contributed by atoms with van der Waals surface area (Å²) in [6.45, 7) is 0. The Morgan fingerprint density at radius 2 is 2.00 bits per heavy atom. The predicted octanol–water partition coefficient (Wildman–Crippen LogP) is 1.07. The maximum Gasteiger partial charge on any atom is 0.353 e. The summed E-state index contributed by atoms with van der Waals surface area (Å²) in [4.78, 5) is 22.0. The van der Waals surface area contributed by atoms with E-state index in [1.54, 1.807) is 24.3 Å². The van der Waals surface area contributed by atoms with E-state index in [0.29, 0.717) is 5.39 Å². The zero-order chi connectivity index (χ0) is 11.0. The van der Waals surface area contributed by atoms with E-state index in [9.17, 15) is 9.59 Å². The van der Waals surface area contributed by atoms with Crippen molar-refractivity contribution in [1.29, 1.82) is 0 Å². The highest BCUT2D eigenvalue weighted by Crippen LogP contribution is 2.21. The fourth-order valence-corrected chi connectivity index (χ4v) is 1.38. The van der Waals surface area contributed by atoms with Crippen molar-refractivity contribution in [2.24, 2.45) is 0 Å². The predicted molar refractivity (Wildman–Crippen MR) is 53.9 cm³/mol. The molecule has 0 unspecified atom stereocenters. The summed E-state index contributed by atoms with van der Waals surface area (Å²) in [7, 11) is 0. The van der Waals surface area contributed by atoms with Crippen LogP contribution in [0.2, 0.25) is 0 Å². The minimum absolute atomic E-state index is 0.0608. The Morgan fingerprint density at radius 1 is 1.33 bits per heavy atom.